The highest BCUT2D eigenvalue weighted by Crippen LogP contribution is 2.27. The van der Waals surface area contributed by atoms with Crippen molar-refractivity contribution in [1.82, 2.24) is 0 Å². The number of allylic oxidation sites excluding steroid dienone is 3. The second-order valence-electron chi connectivity index (χ2n) is 4.73. The molecule has 2 rings (SSSR count). The Morgan fingerprint density at radius 1 is 1.27 bits per heavy atom. The van der Waals surface area contributed by atoms with Crippen LogP contribution in [0.25, 0.3) is 0 Å². The van der Waals surface area contributed by atoms with Crippen LogP contribution in [0.15, 0.2) is 42.2 Å². The third kappa shape index (κ3) is 4.80. The first-order chi connectivity index (χ1) is 10.2. The Morgan fingerprint density at radius 3 is 2.64 bits per heavy atom. The van der Waals surface area contributed by atoms with E-state index in [0.29, 0.717) is 11.3 Å². The van der Waals surface area contributed by atoms with Crippen molar-refractivity contribution in [2.24, 2.45) is 5.92 Å². The van der Waals surface area contributed by atoms with Crippen molar-refractivity contribution in [2.45, 2.75) is 19.9 Å². The Morgan fingerprint density at radius 2 is 2.00 bits per heavy atom. The van der Waals surface area contributed by atoms with Gasteiger partial charge in [-0.15, -0.1) is 13.2 Å². The molecule has 7 heteroatoms. The van der Waals surface area contributed by atoms with Gasteiger partial charge >= 0.3 is 6.36 Å². The zero-order chi connectivity index (χ0) is 16.3. The number of carbonyl (C=O) groups is 1. The van der Waals surface area contributed by atoms with Gasteiger partial charge in [0, 0.05) is 17.0 Å². The van der Waals surface area contributed by atoms with Crippen LogP contribution in [0.3, 0.4) is 0 Å². The molecule has 1 atom stereocenters. The molecule has 0 heterocycles. The molecule has 0 N–H and O–H groups in total. The molecule has 1 aromatic rings. The summed E-state index contributed by atoms with van der Waals surface area (Å²) < 4.78 is 45.8. The van der Waals surface area contributed by atoms with E-state index in [0.717, 1.165) is 6.07 Å². The van der Waals surface area contributed by atoms with Crippen LogP contribution in [0.4, 0.5) is 13.2 Å². The Bertz CT molecular complexity index is 635. The highest BCUT2D eigenvalue weighted by Gasteiger charge is 2.31. The molecule has 0 aromatic heterocycles. The van der Waals surface area contributed by atoms with E-state index in [9.17, 15) is 18.0 Å². The van der Waals surface area contributed by atoms with Gasteiger partial charge in [-0.05, 0) is 29.8 Å². The summed E-state index contributed by atoms with van der Waals surface area (Å²) >= 11 is 5.76. The van der Waals surface area contributed by atoms with Gasteiger partial charge in [0.1, 0.15) is 18.1 Å². The predicted molar refractivity (Wildman–Crippen MR) is 74.3 cm³/mol. The molecule has 0 fully saturated rings. The van der Waals surface area contributed by atoms with Crippen LogP contribution in [0.1, 0.15) is 12.5 Å². The summed E-state index contributed by atoms with van der Waals surface area (Å²) in [5, 5.41) is 0.0956. The molecule has 0 aliphatic heterocycles. The van der Waals surface area contributed by atoms with Crippen LogP contribution in [0.5, 0.6) is 5.75 Å². The number of hydrogen-bond acceptors (Lipinski definition) is 3. The molecule has 1 aliphatic carbocycles. The summed E-state index contributed by atoms with van der Waals surface area (Å²) in [4.78, 5) is 11.5. The topological polar surface area (TPSA) is 35.5 Å². The summed E-state index contributed by atoms with van der Waals surface area (Å²) in [5.74, 6) is -0.368. The van der Waals surface area contributed by atoms with Crippen LogP contribution >= 0.6 is 11.6 Å². The number of ether oxygens (including phenoxy) is 2. The zero-order valence-electron chi connectivity index (χ0n) is 11.5. The lowest BCUT2D eigenvalue weighted by Gasteiger charge is -2.14. The van der Waals surface area contributed by atoms with E-state index in [1.54, 1.807) is 19.1 Å². The van der Waals surface area contributed by atoms with Gasteiger partial charge < -0.3 is 9.47 Å². The number of ketones is 1. The maximum Gasteiger partial charge on any atom is 0.573 e. The minimum atomic E-state index is -4.79. The lowest BCUT2D eigenvalue weighted by atomic mass is 10.0. The van der Waals surface area contributed by atoms with Crippen molar-refractivity contribution in [2.75, 3.05) is 0 Å². The molecule has 0 saturated carbocycles. The van der Waals surface area contributed by atoms with E-state index in [1.807, 2.05) is 0 Å². The van der Waals surface area contributed by atoms with Gasteiger partial charge in [-0.3, -0.25) is 4.79 Å². The largest absolute Gasteiger partial charge is 0.573 e. The van der Waals surface area contributed by atoms with Crippen LogP contribution in [0.2, 0.25) is 5.02 Å². The Hall–Kier alpha value is -1.95. The zero-order valence-corrected chi connectivity index (χ0v) is 12.2. The van der Waals surface area contributed by atoms with E-state index in [2.05, 4.69) is 4.74 Å². The van der Waals surface area contributed by atoms with Gasteiger partial charge in [-0.2, -0.15) is 0 Å². The van der Waals surface area contributed by atoms with Crippen molar-refractivity contribution in [3.05, 3.63) is 52.8 Å². The normalized spacial score (nSPS) is 18.1. The fourth-order valence-electron chi connectivity index (χ4n) is 1.81. The number of hydrogen-bond donors (Lipinski definition) is 0. The summed E-state index contributed by atoms with van der Waals surface area (Å²) in [6.45, 7) is 1.72. The summed E-state index contributed by atoms with van der Waals surface area (Å²) in [7, 11) is 0. The van der Waals surface area contributed by atoms with Gasteiger partial charge in [-0.25, -0.2) is 0 Å². The van der Waals surface area contributed by atoms with E-state index in [4.69, 9.17) is 16.3 Å². The summed E-state index contributed by atoms with van der Waals surface area (Å²) in [5.41, 5.74) is 0.395. The maximum atomic E-state index is 12.2. The Kier molecular flexibility index (Phi) is 4.81. The molecular formula is C15H12ClF3O3. The fraction of sp³-hybridized carbons (Fsp3) is 0.267. The smallest absolute Gasteiger partial charge is 0.489 e. The van der Waals surface area contributed by atoms with Crippen LogP contribution < -0.4 is 4.74 Å². The molecule has 0 spiro atoms. The average Bonchev–Trinajstić information content (AvgIpc) is 2.37. The Balaban J connectivity index is 2.06. The molecule has 0 radical (unpaired) electrons. The fourth-order valence-corrected chi connectivity index (χ4v) is 2.05. The number of alkyl halides is 3. The van der Waals surface area contributed by atoms with Crippen molar-refractivity contribution >= 4 is 17.4 Å². The first-order valence-electron chi connectivity index (χ1n) is 6.35. The molecule has 0 bridgehead atoms. The first-order valence-corrected chi connectivity index (χ1v) is 6.72. The van der Waals surface area contributed by atoms with E-state index >= 15 is 0 Å². The monoisotopic (exact) mass is 332 g/mol. The number of carbonyl (C=O) groups excluding carboxylic acids is 1. The third-order valence-electron chi connectivity index (χ3n) is 2.85. The molecule has 0 saturated heterocycles. The molecule has 1 unspecified atom stereocenters. The lowest BCUT2D eigenvalue weighted by Crippen LogP contribution is -2.17. The Labute approximate surface area is 130 Å². The number of benzene rings is 1. The highest BCUT2D eigenvalue weighted by molar-refractivity contribution is 6.30. The van der Waals surface area contributed by atoms with E-state index in [1.165, 1.54) is 18.2 Å². The maximum absolute atomic E-state index is 12.2. The molecule has 22 heavy (non-hydrogen) atoms. The first kappa shape index (κ1) is 16.4. The molecular weight excluding hydrogens is 321 g/mol. The predicted octanol–water partition coefficient (Wildman–Crippen LogP) is 4.41. The van der Waals surface area contributed by atoms with Crippen LogP contribution in [-0.2, 0) is 16.1 Å². The van der Waals surface area contributed by atoms with Gasteiger partial charge in [0.2, 0.25) is 0 Å². The second kappa shape index (κ2) is 6.44. The van der Waals surface area contributed by atoms with Crippen LogP contribution in [-0.4, -0.2) is 12.1 Å². The van der Waals surface area contributed by atoms with E-state index < -0.39 is 12.1 Å². The third-order valence-corrected chi connectivity index (χ3v) is 3.07. The molecule has 118 valence electrons. The lowest BCUT2D eigenvalue weighted by molar-refractivity contribution is -0.274. The quantitative estimate of drug-likeness (QED) is 0.819. The summed E-state index contributed by atoms with van der Waals surface area (Å²) in [6, 6.07) is 3.70. The summed E-state index contributed by atoms with van der Waals surface area (Å²) in [6.07, 6.45) is -0.111. The molecule has 1 aliphatic rings. The van der Waals surface area contributed by atoms with Crippen molar-refractivity contribution in [3.63, 3.8) is 0 Å². The minimum Gasteiger partial charge on any atom is -0.489 e. The highest BCUT2D eigenvalue weighted by atomic mass is 35.5. The average molecular weight is 333 g/mol. The number of rotatable bonds is 4. The molecule has 0 amide bonds. The van der Waals surface area contributed by atoms with Crippen molar-refractivity contribution in [3.8, 4) is 5.75 Å². The molecule has 3 nitrogen and oxygen atoms in total. The van der Waals surface area contributed by atoms with Crippen LogP contribution in [0, 0.1) is 5.92 Å². The SMILES string of the molecule is CC1C=CC(OCc2cc(Cl)cc(OC(F)(F)F)c2)=CC1=O. The second-order valence-corrected chi connectivity index (χ2v) is 5.16. The van der Waals surface area contributed by atoms with Crippen molar-refractivity contribution in [1.29, 1.82) is 0 Å². The standard InChI is InChI=1S/C15H12ClF3O3/c1-9-2-3-12(7-14(9)20)21-8-10-4-11(16)6-13(5-10)22-15(17,18)19/h2-7,9H,8H2,1H3. The van der Waals surface area contributed by atoms with Gasteiger partial charge in [0.15, 0.2) is 5.78 Å². The van der Waals surface area contributed by atoms with Gasteiger partial charge in [0.25, 0.3) is 0 Å². The van der Waals surface area contributed by atoms with Gasteiger partial charge in [-0.1, -0.05) is 24.6 Å². The van der Waals surface area contributed by atoms with Gasteiger partial charge in [0.05, 0.1) is 0 Å². The number of halogens is 4. The van der Waals surface area contributed by atoms with E-state index in [-0.39, 0.29) is 23.3 Å². The molecule has 1 aromatic carbocycles. The van der Waals surface area contributed by atoms with Crippen molar-refractivity contribution < 1.29 is 27.4 Å². The minimum absolute atomic E-state index is 0.0351.